The maximum absolute atomic E-state index is 12.7. The molecule has 0 amide bonds. The topological polar surface area (TPSA) is 61.5 Å². The largest absolute Gasteiger partial charge is 0.490 e. The molecule has 1 fully saturated rings. The van der Waals surface area contributed by atoms with Gasteiger partial charge in [0.1, 0.15) is 12.4 Å². The van der Waals surface area contributed by atoms with Gasteiger partial charge in [-0.15, -0.1) is 0 Å². The number of hydrogen-bond acceptors (Lipinski definition) is 4. The van der Waals surface area contributed by atoms with E-state index < -0.39 is 0 Å². The number of rotatable bonds is 7. The number of para-hydroxylation sites is 1. The molecule has 1 aliphatic carbocycles. The van der Waals surface area contributed by atoms with E-state index in [1.807, 2.05) is 24.3 Å². The molecule has 1 aromatic rings. The number of methoxy groups -OCH3 is 1. The van der Waals surface area contributed by atoms with Crippen LogP contribution in [0.4, 0.5) is 0 Å². The van der Waals surface area contributed by atoms with Gasteiger partial charge in [0.25, 0.3) is 0 Å². The SMILES string of the molecule is COCCOc1ccccc1C(=O)C1CCCC1CN. The van der Waals surface area contributed by atoms with Gasteiger partial charge < -0.3 is 15.2 Å². The van der Waals surface area contributed by atoms with Gasteiger partial charge in [-0.1, -0.05) is 18.6 Å². The Labute approximate surface area is 120 Å². The normalized spacial score (nSPS) is 21.9. The van der Waals surface area contributed by atoms with Crippen molar-refractivity contribution in [3.05, 3.63) is 29.8 Å². The van der Waals surface area contributed by atoms with Crippen LogP contribution in [-0.4, -0.2) is 32.7 Å². The van der Waals surface area contributed by atoms with E-state index in [9.17, 15) is 4.79 Å². The van der Waals surface area contributed by atoms with Gasteiger partial charge in [-0.3, -0.25) is 4.79 Å². The Morgan fingerprint density at radius 2 is 2.10 bits per heavy atom. The average molecular weight is 277 g/mol. The molecule has 110 valence electrons. The summed E-state index contributed by atoms with van der Waals surface area (Å²) in [5.41, 5.74) is 6.45. The first-order valence-electron chi connectivity index (χ1n) is 7.23. The van der Waals surface area contributed by atoms with Gasteiger partial charge >= 0.3 is 0 Å². The molecule has 2 unspecified atom stereocenters. The summed E-state index contributed by atoms with van der Waals surface area (Å²) in [4.78, 5) is 12.7. The first kappa shape index (κ1) is 15.0. The third-order valence-electron chi connectivity index (χ3n) is 4.00. The zero-order valence-corrected chi connectivity index (χ0v) is 12.0. The quantitative estimate of drug-likeness (QED) is 0.613. The maximum Gasteiger partial charge on any atom is 0.169 e. The van der Waals surface area contributed by atoms with Crippen LogP contribution in [0.1, 0.15) is 29.6 Å². The van der Waals surface area contributed by atoms with Crippen molar-refractivity contribution in [1.29, 1.82) is 0 Å². The van der Waals surface area contributed by atoms with Gasteiger partial charge in [-0.25, -0.2) is 0 Å². The number of hydrogen-bond donors (Lipinski definition) is 1. The highest BCUT2D eigenvalue weighted by Crippen LogP contribution is 2.35. The lowest BCUT2D eigenvalue weighted by Gasteiger charge is -2.18. The fraction of sp³-hybridized carbons (Fsp3) is 0.562. The minimum atomic E-state index is 0.0483. The summed E-state index contributed by atoms with van der Waals surface area (Å²) in [6.07, 6.45) is 3.08. The number of benzene rings is 1. The summed E-state index contributed by atoms with van der Waals surface area (Å²) in [6.45, 7) is 1.55. The Balaban J connectivity index is 2.12. The standard InChI is InChI=1S/C16H23NO3/c1-19-9-10-20-15-8-3-2-6-14(15)16(18)13-7-4-5-12(13)11-17/h2-3,6,8,12-13H,4-5,7,9-11,17H2,1H3. The highest BCUT2D eigenvalue weighted by molar-refractivity contribution is 6.00. The van der Waals surface area contributed by atoms with Gasteiger partial charge in [0.05, 0.1) is 12.2 Å². The Bertz CT molecular complexity index is 447. The van der Waals surface area contributed by atoms with Crippen molar-refractivity contribution in [3.63, 3.8) is 0 Å². The molecule has 1 saturated carbocycles. The molecule has 0 aromatic heterocycles. The van der Waals surface area contributed by atoms with E-state index in [0.717, 1.165) is 19.3 Å². The first-order valence-corrected chi connectivity index (χ1v) is 7.23. The predicted octanol–water partition coefficient (Wildman–Crippen LogP) is 2.27. The highest BCUT2D eigenvalue weighted by atomic mass is 16.5. The van der Waals surface area contributed by atoms with Crippen LogP contribution >= 0.6 is 0 Å². The summed E-state index contributed by atoms with van der Waals surface area (Å²) in [5, 5.41) is 0. The average Bonchev–Trinajstić information content (AvgIpc) is 2.96. The molecule has 20 heavy (non-hydrogen) atoms. The van der Waals surface area contributed by atoms with E-state index in [1.54, 1.807) is 7.11 Å². The van der Waals surface area contributed by atoms with E-state index in [4.69, 9.17) is 15.2 Å². The van der Waals surface area contributed by atoms with Crippen LogP contribution in [0, 0.1) is 11.8 Å². The van der Waals surface area contributed by atoms with E-state index >= 15 is 0 Å². The lowest BCUT2D eigenvalue weighted by molar-refractivity contribution is 0.0886. The Morgan fingerprint density at radius 3 is 2.85 bits per heavy atom. The minimum Gasteiger partial charge on any atom is -0.490 e. The smallest absolute Gasteiger partial charge is 0.169 e. The molecule has 0 saturated heterocycles. The number of carbonyl (C=O) groups is 1. The van der Waals surface area contributed by atoms with Crippen LogP contribution in [0.25, 0.3) is 0 Å². The summed E-state index contributed by atoms with van der Waals surface area (Å²) < 4.78 is 10.6. The van der Waals surface area contributed by atoms with E-state index in [-0.39, 0.29) is 11.7 Å². The molecule has 0 aliphatic heterocycles. The van der Waals surface area contributed by atoms with Crippen molar-refractivity contribution >= 4 is 5.78 Å². The first-order chi connectivity index (χ1) is 9.77. The van der Waals surface area contributed by atoms with Crippen LogP contribution < -0.4 is 10.5 Å². The fourth-order valence-electron chi connectivity index (χ4n) is 2.89. The third kappa shape index (κ3) is 3.38. The molecule has 1 aromatic carbocycles. The molecule has 0 radical (unpaired) electrons. The van der Waals surface area contributed by atoms with E-state index in [2.05, 4.69) is 0 Å². The van der Waals surface area contributed by atoms with Gasteiger partial charge in [0.15, 0.2) is 5.78 Å². The zero-order chi connectivity index (χ0) is 14.4. The van der Waals surface area contributed by atoms with Crippen molar-refractivity contribution in [1.82, 2.24) is 0 Å². The Hall–Kier alpha value is -1.39. The van der Waals surface area contributed by atoms with Crippen molar-refractivity contribution in [2.45, 2.75) is 19.3 Å². The second-order valence-corrected chi connectivity index (χ2v) is 5.23. The number of Topliss-reactive ketones (excluding diaryl/α,β-unsaturated/α-hetero) is 1. The van der Waals surface area contributed by atoms with Crippen molar-refractivity contribution in [3.8, 4) is 5.75 Å². The van der Waals surface area contributed by atoms with Gasteiger partial charge in [-0.05, 0) is 37.4 Å². The van der Waals surface area contributed by atoms with Gasteiger partial charge in [-0.2, -0.15) is 0 Å². The molecule has 4 heteroatoms. The van der Waals surface area contributed by atoms with Crippen molar-refractivity contribution in [2.24, 2.45) is 17.6 Å². The highest BCUT2D eigenvalue weighted by Gasteiger charge is 2.33. The van der Waals surface area contributed by atoms with Crippen LogP contribution in [0.2, 0.25) is 0 Å². The van der Waals surface area contributed by atoms with Crippen molar-refractivity contribution < 1.29 is 14.3 Å². The van der Waals surface area contributed by atoms with Crippen LogP contribution in [0.3, 0.4) is 0 Å². The molecule has 0 heterocycles. The lowest BCUT2D eigenvalue weighted by atomic mass is 9.88. The molecular formula is C16H23NO3. The van der Waals surface area contributed by atoms with Crippen LogP contribution in [0.5, 0.6) is 5.75 Å². The second-order valence-electron chi connectivity index (χ2n) is 5.23. The number of nitrogens with two attached hydrogens (primary N) is 1. The molecule has 1 aliphatic rings. The Morgan fingerprint density at radius 1 is 1.30 bits per heavy atom. The Kier molecular flexibility index (Phi) is 5.56. The summed E-state index contributed by atoms with van der Waals surface area (Å²) in [6, 6.07) is 7.45. The van der Waals surface area contributed by atoms with Gasteiger partial charge in [0, 0.05) is 13.0 Å². The molecule has 2 atom stereocenters. The van der Waals surface area contributed by atoms with Crippen LogP contribution in [-0.2, 0) is 4.74 Å². The third-order valence-corrected chi connectivity index (χ3v) is 4.00. The number of ether oxygens (including phenoxy) is 2. The second kappa shape index (κ2) is 7.41. The van der Waals surface area contributed by atoms with E-state index in [0.29, 0.717) is 37.0 Å². The summed E-state index contributed by atoms with van der Waals surface area (Å²) >= 11 is 0. The fourth-order valence-corrected chi connectivity index (χ4v) is 2.89. The monoisotopic (exact) mass is 277 g/mol. The molecule has 4 nitrogen and oxygen atoms in total. The molecule has 0 bridgehead atoms. The minimum absolute atomic E-state index is 0.0483. The number of ketones is 1. The summed E-state index contributed by atoms with van der Waals surface area (Å²) in [7, 11) is 1.63. The molecule has 0 spiro atoms. The predicted molar refractivity (Wildman–Crippen MR) is 78.0 cm³/mol. The zero-order valence-electron chi connectivity index (χ0n) is 12.0. The lowest BCUT2D eigenvalue weighted by Crippen LogP contribution is -2.25. The van der Waals surface area contributed by atoms with E-state index in [1.165, 1.54) is 0 Å². The summed E-state index contributed by atoms with van der Waals surface area (Å²) in [5.74, 6) is 1.19. The molecule has 2 N–H and O–H groups in total. The maximum atomic E-state index is 12.7. The number of carbonyl (C=O) groups excluding carboxylic acids is 1. The molecular weight excluding hydrogens is 254 g/mol. The van der Waals surface area contributed by atoms with Gasteiger partial charge in [0.2, 0.25) is 0 Å². The van der Waals surface area contributed by atoms with Crippen molar-refractivity contribution in [2.75, 3.05) is 26.9 Å². The van der Waals surface area contributed by atoms with Crippen LogP contribution in [0.15, 0.2) is 24.3 Å². The molecule has 2 rings (SSSR count).